The first-order chi connectivity index (χ1) is 24.2. The Morgan fingerprint density at radius 3 is 0.980 bits per heavy atom. The van der Waals surface area contributed by atoms with E-state index in [1.165, 1.54) is 21.5 Å². The number of hydrogen-bond donors (Lipinski definition) is 0. The molecule has 5 nitrogen and oxygen atoms in total. The number of esters is 2. The molecule has 0 radical (unpaired) electrons. The Labute approximate surface area is 280 Å². The molecule has 1 aliphatic heterocycles. The van der Waals surface area contributed by atoms with Crippen molar-refractivity contribution < 1.29 is 14.3 Å². The van der Waals surface area contributed by atoms with E-state index in [1.807, 2.05) is 36.4 Å². The van der Waals surface area contributed by atoms with Gasteiger partial charge in [-0.3, -0.25) is 0 Å². The third-order valence-electron chi connectivity index (χ3n) is 9.83. The molecule has 0 fully saturated rings. The van der Waals surface area contributed by atoms with Crippen molar-refractivity contribution in [2.75, 3.05) is 0 Å². The van der Waals surface area contributed by atoms with Gasteiger partial charge >= 0.3 is 11.9 Å². The molecule has 3 heterocycles. The smallest absolute Gasteiger partial charge is 0.347 e. The second-order valence-corrected chi connectivity index (χ2v) is 12.4. The summed E-state index contributed by atoms with van der Waals surface area (Å²) in [4.78, 5) is 26.4. The predicted molar refractivity (Wildman–Crippen MR) is 196 cm³/mol. The number of benzene rings is 7. The van der Waals surface area contributed by atoms with Crippen LogP contribution in [0.1, 0.15) is 20.7 Å². The highest BCUT2D eigenvalue weighted by atomic mass is 16.6. The van der Waals surface area contributed by atoms with E-state index in [0.29, 0.717) is 22.3 Å². The number of aromatic nitrogens is 2. The van der Waals surface area contributed by atoms with Gasteiger partial charge in [0.1, 0.15) is 0 Å². The number of rotatable bonds is 4. The summed E-state index contributed by atoms with van der Waals surface area (Å²) in [5.74, 6) is -1.24. The lowest BCUT2D eigenvalue weighted by molar-refractivity contribution is 0.0444. The Morgan fingerprint density at radius 1 is 0.347 bits per heavy atom. The summed E-state index contributed by atoms with van der Waals surface area (Å²) >= 11 is 0. The van der Waals surface area contributed by atoms with E-state index in [1.54, 1.807) is 0 Å². The summed E-state index contributed by atoms with van der Waals surface area (Å²) in [7, 11) is 0. The Hall–Kier alpha value is -6.72. The number of carbonyl (C=O) groups excluding carboxylic acids is 2. The lowest BCUT2D eigenvalue weighted by Crippen LogP contribution is -2.00. The molecule has 2 aromatic heterocycles. The molecule has 0 unspecified atom stereocenters. The molecule has 0 bridgehead atoms. The first kappa shape index (κ1) is 27.4. The van der Waals surface area contributed by atoms with Crippen LogP contribution in [-0.4, -0.2) is 21.1 Å². The fourth-order valence-corrected chi connectivity index (χ4v) is 7.68. The molecule has 230 valence electrons. The summed E-state index contributed by atoms with van der Waals surface area (Å²) in [6, 6.07) is 53.7. The average Bonchev–Trinajstić information content (AvgIpc) is 3.78. The van der Waals surface area contributed by atoms with Crippen LogP contribution < -0.4 is 0 Å². The molecule has 1 aliphatic rings. The van der Waals surface area contributed by atoms with Gasteiger partial charge in [-0.15, -0.1) is 0 Å². The van der Waals surface area contributed by atoms with Crippen molar-refractivity contribution in [1.29, 1.82) is 0 Å². The predicted octanol–water partition coefficient (Wildman–Crippen LogP) is 10.5. The molecule has 9 aromatic rings. The highest BCUT2D eigenvalue weighted by Gasteiger charge is 2.35. The van der Waals surface area contributed by atoms with Gasteiger partial charge in [-0.25, -0.2) is 9.59 Å². The van der Waals surface area contributed by atoms with Crippen LogP contribution in [0.25, 0.3) is 77.2 Å². The van der Waals surface area contributed by atoms with Crippen molar-refractivity contribution in [2.45, 2.75) is 0 Å². The van der Waals surface area contributed by atoms with Gasteiger partial charge < -0.3 is 13.9 Å². The number of carbonyl (C=O) groups is 2. The third kappa shape index (κ3) is 3.99. The van der Waals surface area contributed by atoms with Crippen molar-refractivity contribution in [3.8, 4) is 33.6 Å². The molecular weight excluding hydrogens is 604 g/mol. The minimum Gasteiger partial charge on any atom is -0.386 e. The molecule has 0 saturated heterocycles. The highest BCUT2D eigenvalue weighted by Crippen LogP contribution is 2.40. The van der Waals surface area contributed by atoms with Gasteiger partial charge in [0.25, 0.3) is 0 Å². The summed E-state index contributed by atoms with van der Waals surface area (Å²) in [6.45, 7) is 0. The van der Waals surface area contributed by atoms with E-state index >= 15 is 0 Å². The summed E-state index contributed by atoms with van der Waals surface area (Å²) in [5.41, 5.74) is 10.1. The van der Waals surface area contributed by atoms with Gasteiger partial charge in [0.15, 0.2) is 0 Å². The first-order valence-corrected chi connectivity index (χ1v) is 16.3. The average molecular weight is 631 g/mol. The van der Waals surface area contributed by atoms with Crippen molar-refractivity contribution in [2.24, 2.45) is 0 Å². The van der Waals surface area contributed by atoms with Crippen LogP contribution in [0.2, 0.25) is 0 Å². The number of hydrogen-bond acceptors (Lipinski definition) is 3. The molecule has 0 saturated carbocycles. The van der Waals surface area contributed by atoms with Crippen molar-refractivity contribution in [3.63, 3.8) is 0 Å². The van der Waals surface area contributed by atoms with Crippen LogP contribution in [0.4, 0.5) is 0 Å². The monoisotopic (exact) mass is 630 g/mol. The lowest BCUT2D eigenvalue weighted by atomic mass is 9.90. The van der Waals surface area contributed by atoms with Gasteiger partial charge in [-0.1, -0.05) is 109 Å². The number of fused-ring (bicyclic) bond motifs is 7. The van der Waals surface area contributed by atoms with E-state index in [0.717, 1.165) is 44.6 Å². The van der Waals surface area contributed by atoms with Crippen LogP contribution in [0.5, 0.6) is 0 Å². The van der Waals surface area contributed by atoms with E-state index in [-0.39, 0.29) is 0 Å². The minimum atomic E-state index is -0.620. The highest BCUT2D eigenvalue weighted by molar-refractivity contribution is 6.21. The molecule has 0 N–H and O–H groups in total. The quantitative estimate of drug-likeness (QED) is 0.144. The molecule has 7 aromatic carbocycles. The number of ether oxygens (including phenoxy) is 1. The minimum absolute atomic E-state index is 0.304. The maximum absolute atomic E-state index is 13.2. The fraction of sp³-hybridized carbons (Fsp3) is 0. The SMILES string of the molecule is O=C1OC(=O)c2c(-c3ccc(-n4c5ccccc5c5ccccc54)cc3)ccc(-c3ccc(-n4c5ccccc5c5ccccc54)cc3)c21. The standard InChI is InChI=1S/C44H26N2O3/c47-43-41-31(27-17-21-29(22-18-27)45-37-13-5-1-9-33(37)34-10-2-6-14-38(34)45)25-26-32(42(41)44(48)49-43)28-19-23-30(24-20-28)46-39-15-7-3-11-35(39)36-12-4-8-16-40(36)46/h1-26H. The first-order valence-electron chi connectivity index (χ1n) is 16.3. The van der Waals surface area contributed by atoms with Gasteiger partial charge in [-0.2, -0.15) is 0 Å². The summed E-state index contributed by atoms with van der Waals surface area (Å²) in [6.07, 6.45) is 0. The van der Waals surface area contributed by atoms with Gasteiger partial charge in [0.2, 0.25) is 0 Å². The van der Waals surface area contributed by atoms with Gasteiger partial charge in [-0.05, 0) is 70.8 Å². The van der Waals surface area contributed by atoms with E-state index in [4.69, 9.17) is 4.74 Å². The zero-order valence-electron chi connectivity index (χ0n) is 26.1. The van der Waals surface area contributed by atoms with E-state index in [9.17, 15) is 9.59 Å². The van der Waals surface area contributed by atoms with Crippen LogP contribution >= 0.6 is 0 Å². The summed E-state index contributed by atoms with van der Waals surface area (Å²) in [5, 5.41) is 4.78. The zero-order chi connectivity index (χ0) is 32.6. The Bertz CT molecular complexity index is 2520. The second-order valence-electron chi connectivity index (χ2n) is 12.4. The van der Waals surface area contributed by atoms with Crippen LogP contribution in [0.3, 0.4) is 0 Å². The van der Waals surface area contributed by atoms with Crippen LogP contribution in [0, 0.1) is 0 Å². The fourth-order valence-electron chi connectivity index (χ4n) is 7.68. The van der Waals surface area contributed by atoms with Crippen LogP contribution in [-0.2, 0) is 4.74 Å². The molecule has 49 heavy (non-hydrogen) atoms. The third-order valence-corrected chi connectivity index (χ3v) is 9.83. The Morgan fingerprint density at radius 2 is 0.653 bits per heavy atom. The van der Waals surface area contributed by atoms with E-state index < -0.39 is 11.9 Å². The lowest BCUT2D eigenvalue weighted by Gasteiger charge is -2.13. The maximum atomic E-state index is 13.2. The van der Waals surface area contributed by atoms with Crippen molar-refractivity contribution in [1.82, 2.24) is 9.13 Å². The molecule has 10 rings (SSSR count). The number of cyclic esters (lactones) is 2. The largest absolute Gasteiger partial charge is 0.386 e. The number of nitrogens with zero attached hydrogens (tertiary/aromatic N) is 2. The molecule has 0 atom stereocenters. The zero-order valence-corrected chi connectivity index (χ0v) is 26.1. The molecule has 0 aliphatic carbocycles. The summed E-state index contributed by atoms with van der Waals surface area (Å²) < 4.78 is 9.73. The van der Waals surface area contributed by atoms with Crippen molar-refractivity contribution >= 4 is 55.6 Å². The molecular formula is C44H26N2O3. The molecule has 0 amide bonds. The molecule has 0 spiro atoms. The van der Waals surface area contributed by atoms with Gasteiger partial charge in [0, 0.05) is 32.9 Å². The topological polar surface area (TPSA) is 53.2 Å². The van der Waals surface area contributed by atoms with Crippen molar-refractivity contribution in [3.05, 3.63) is 169 Å². The van der Waals surface area contributed by atoms with Crippen LogP contribution in [0.15, 0.2) is 158 Å². The van der Waals surface area contributed by atoms with E-state index in [2.05, 4.69) is 130 Å². The second kappa shape index (κ2) is 10.4. The maximum Gasteiger partial charge on any atom is 0.347 e. The van der Waals surface area contributed by atoms with Gasteiger partial charge in [0.05, 0.1) is 33.2 Å². The molecule has 5 heteroatoms. The Kier molecular flexibility index (Phi) is 5.81. The Balaban J connectivity index is 1.06. The number of para-hydroxylation sites is 4. The normalized spacial score (nSPS) is 12.7.